The number of nitrogens with one attached hydrogen (secondary N) is 2. The second kappa shape index (κ2) is 5.09. The molecular formula is C13H14N4O2S. The highest BCUT2D eigenvalue weighted by Crippen LogP contribution is 2.14. The molecule has 1 saturated heterocycles. The topological polar surface area (TPSA) is 75.5 Å². The van der Waals surface area contributed by atoms with Gasteiger partial charge in [-0.1, -0.05) is 23.5 Å². The van der Waals surface area contributed by atoms with Crippen LogP contribution in [0.25, 0.3) is 10.2 Å². The van der Waals surface area contributed by atoms with E-state index < -0.39 is 6.04 Å². The van der Waals surface area contributed by atoms with Crippen LogP contribution < -0.4 is 15.5 Å². The molecule has 20 heavy (non-hydrogen) atoms. The van der Waals surface area contributed by atoms with E-state index in [0.717, 1.165) is 10.2 Å². The lowest BCUT2D eigenvalue weighted by Gasteiger charge is -2.06. The van der Waals surface area contributed by atoms with Gasteiger partial charge in [0.25, 0.3) is 5.91 Å². The van der Waals surface area contributed by atoms with Gasteiger partial charge in [-0.25, -0.2) is 5.43 Å². The van der Waals surface area contributed by atoms with Crippen molar-refractivity contribution in [3.8, 4) is 0 Å². The summed E-state index contributed by atoms with van der Waals surface area (Å²) in [5, 5.41) is 6.76. The van der Waals surface area contributed by atoms with E-state index in [2.05, 4.69) is 15.8 Å². The molecule has 6 nitrogen and oxygen atoms in total. The first-order valence-electron chi connectivity index (χ1n) is 6.32. The molecule has 0 radical (unpaired) electrons. The maximum Gasteiger partial charge on any atom is 0.262 e. The summed E-state index contributed by atoms with van der Waals surface area (Å²) in [4.78, 5) is 23.7. The van der Waals surface area contributed by atoms with E-state index in [-0.39, 0.29) is 11.8 Å². The first-order chi connectivity index (χ1) is 9.65. The van der Waals surface area contributed by atoms with Crippen LogP contribution >= 0.6 is 11.3 Å². The van der Waals surface area contributed by atoms with Crippen molar-refractivity contribution >= 4 is 33.4 Å². The van der Waals surface area contributed by atoms with Crippen molar-refractivity contribution in [2.75, 3.05) is 0 Å². The van der Waals surface area contributed by atoms with E-state index in [0.29, 0.717) is 17.6 Å². The zero-order valence-electron chi connectivity index (χ0n) is 10.9. The number of hydrogen-bond acceptors (Lipinski definition) is 4. The highest BCUT2D eigenvalue weighted by Gasteiger charge is 2.26. The fraction of sp³-hybridized carbons (Fsp3) is 0.308. The molecule has 0 spiro atoms. The minimum absolute atomic E-state index is 0.0856. The van der Waals surface area contributed by atoms with Crippen LogP contribution in [-0.4, -0.2) is 22.4 Å². The normalized spacial score (nSPS) is 19.4. The summed E-state index contributed by atoms with van der Waals surface area (Å²) in [5.74, 6) is -0.356. The van der Waals surface area contributed by atoms with Crippen molar-refractivity contribution in [3.05, 3.63) is 29.1 Å². The molecule has 7 heteroatoms. The van der Waals surface area contributed by atoms with Crippen molar-refractivity contribution in [1.29, 1.82) is 0 Å². The van der Waals surface area contributed by atoms with E-state index in [9.17, 15) is 9.59 Å². The van der Waals surface area contributed by atoms with E-state index in [1.165, 1.54) is 11.3 Å². The molecule has 1 aliphatic rings. The summed E-state index contributed by atoms with van der Waals surface area (Å²) in [5.41, 5.74) is 3.59. The van der Waals surface area contributed by atoms with E-state index >= 15 is 0 Å². The van der Waals surface area contributed by atoms with E-state index in [4.69, 9.17) is 0 Å². The lowest BCUT2D eigenvalue weighted by molar-refractivity contribution is -0.125. The molecule has 1 atom stereocenters. The lowest BCUT2D eigenvalue weighted by atomic mass is 10.2. The summed E-state index contributed by atoms with van der Waals surface area (Å²) in [6.45, 7) is 0. The van der Waals surface area contributed by atoms with Crippen LogP contribution in [0.5, 0.6) is 0 Å². The van der Waals surface area contributed by atoms with Crippen LogP contribution in [0.4, 0.5) is 0 Å². The molecule has 1 fully saturated rings. The van der Waals surface area contributed by atoms with Crippen molar-refractivity contribution in [1.82, 2.24) is 15.3 Å². The lowest BCUT2D eigenvalue weighted by Crippen LogP contribution is -2.40. The monoisotopic (exact) mass is 290 g/mol. The zero-order valence-corrected chi connectivity index (χ0v) is 11.7. The Labute approximate surface area is 119 Å². The average Bonchev–Trinajstić information content (AvgIpc) is 3.01. The second-order valence-corrected chi connectivity index (χ2v) is 5.67. The molecule has 2 aromatic rings. The van der Waals surface area contributed by atoms with E-state index in [1.54, 1.807) is 0 Å². The van der Waals surface area contributed by atoms with Crippen LogP contribution in [0.15, 0.2) is 29.4 Å². The summed E-state index contributed by atoms with van der Waals surface area (Å²) in [7, 11) is 1.90. The number of carbonyl (C=O) groups excluding carboxylic acids is 2. The maximum atomic E-state index is 11.9. The number of para-hydroxylation sites is 1. The number of benzene rings is 1. The number of aryl methyl sites for hydroxylation is 1. The van der Waals surface area contributed by atoms with Gasteiger partial charge in [0, 0.05) is 13.5 Å². The Morgan fingerprint density at radius 2 is 2.30 bits per heavy atom. The van der Waals surface area contributed by atoms with Gasteiger partial charge in [0.1, 0.15) is 6.04 Å². The average molecular weight is 290 g/mol. The Morgan fingerprint density at radius 3 is 3.00 bits per heavy atom. The van der Waals surface area contributed by atoms with Crippen molar-refractivity contribution < 1.29 is 9.59 Å². The quantitative estimate of drug-likeness (QED) is 0.788. The van der Waals surface area contributed by atoms with Gasteiger partial charge in [-0.05, 0) is 18.6 Å². The number of carbonyl (C=O) groups is 2. The Hall–Kier alpha value is -2.15. The van der Waals surface area contributed by atoms with Crippen LogP contribution in [0, 0.1) is 0 Å². The molecule has 1 aromatic heterocycles. The molecule has 0 saturated carbocycles. The largest absolute Gasteiger partial charge is 0.344 e. The van der Waals surface area contributed by atoms with Gasteiger partial charge in [-0.15, -0.1) is 5.10 Å². The fourth-order valence-electron chi connectivity index (χ4n) is 2.18. The molecule has 104 valence electrons. The number of rotatable bonds is 2. The van der Waals surface area contributed by atoms with Gasteiger partial charge in [0.05, 0.1) is 10.2 Å². The predicted octanol–water partition coefficient (Wildman–Crippen LogP) is 0.450. The van der Waals surface area contributed by atoms with Crippen molar-refractivity contribution in [2.24, 2.45) is 12.1 Å². The Balaban J connectivity index is 1.82. The minimum Gasteiger partial charge on any atom is -0.344 e. The van der Waals surface area contributed by atoms with Gasteiger partial charge in [0.15, 0.2) is 0 Å². The minimum atomic E-state index is -0.467. The Bertz CT molecular complexity index is 746. The molecule has 1 aromatic carbocycles. The Morgan fingerprint density at radius 1 is 1.50 bits per heavy atom. The van der Waals surface area contributed by atoms with E-state index in [1.807, 2.05) is 35.9 Å². The molecule has 0 unspecified atom stereocenters. The van der Waals surface area contributed by atoms with Crippen molar-refractivity contribution in [2.45, 2.75) is 18.9 Å². The Kier molecular flexibility index (Phi) is 3.27. The maximum absolute atomic E-state index is 11.9. The van der Waals surface area contributed by atoms with Crippen LogP contribution in [0.2, 0.25) is 0 Å². The van der Waals surface area contributed by atoms with Gasteiger partial charge >= 0.3 is 0 Å². The number of nitrogens with zero attached hydrogens (tertiary/aromatic N) is 2. The number of aromatic nitrogens is 1. The second-order valence-electron chi connectivity index (χ2n) is 4.66. The smallest absolute Gasteiger partial charge is 0.262 e. The molecule has 3 rings (SSSR count). The first-order valence-corrected chi connectivity index (χ1v) is 7.14. The number of thiazole rings is 1. The molecular weight excluding hydrogens is 276 g/mol. The number of amides is 2. The standard InChI is InChI=1S/C13H14N4O2S/c1-17-9-4-2-3-5-10(9)20-13(17)16-15-12(19)8-6-7-11(18)14-8/h2-5,8H,6-7H2,1H3,(H,14,18)(H,15,19)/t8-/m0/s1. The third kappa shape index (κ3) is 2.32. The van der Waals surface area contributed by atoms with Crippen LogP contribution in [0.1, 0.15) is 12.8 Å². The molecule has 2 heterocycles. The zero-order chi connectivity index (χ0) is 14.1. The molecule has 2 amide bonds. The van der Waals surface area contributed by atoms with Gasteiger partial charge < -0.3 is 9.88 Å². The predicted molar refractivity (Wildman–Crippen MR) is 75.7 cm³/mol. The summed E-state index contributed by atoms with van der Waals surface area (Å²) in [6, 6.07) is 7.48. The first kappa shape index (κ1) is 12.9. The van der Waals surface area contributed by atoms with Crippen LogP contribution in [-0.2, 0) is 16.6 Å². The molecule has 0 bridgehead atoms. The number of fused-ring (bicyclic) bond motifs is 1. The third-order valence-corrected chi connectivity index (χ3v) is 4.40. The number of hydrogen-bond donors (Lipinski definition) is 2. The van der Waals surface area contributed by atoms with Gasteiger partial charge in [0.2, 0.25) is 10.7 Å². The summed E-state index contributed by atoms with van der Waals surface area (Å²) >= 11 is 1.50. The molecule has 0 aliphatic carbocycles. The van der Waals surface area contributed by atoms with Crippen LogP contribution in [0.3, 0.4) is 0 Å². The van der Waals surface area contributed by atoms with Gasteiger partial charge in [-0.2, -0.15) is 0 Å². The molecule has 2 N–H and O–H groups in total. The highest BCUT2D eigenvalue weighted by molar-refractivity contribution is 7.16. The fourth-order valence-corrected chi connectivity index (χ4v) is 3.16. The SMILES string of the molecule is Cn1c(=NNC(=O)[C@@H]2CCC(=O)N2)sc2ccccc21. The van der Waals surface area contributed by atoms with Gasteiger partial charge in [-0.3, -0.25) is 9.59 Å². The third-order valence-electron chi connectivity index (χ3n) is 3.29. The summed E-state index contributed by atoms with van der Waals surface area (Å²) in [6.07, 6.45) is 0.924. The summed E-state index contributed by atoms with van der Waals surface area (Å²) < 4.78 is 3.03. The molecule has 1 aliphatic heterocycles. The highest BCUT2D eigenvalue weighted by atomic mass is 32.1. The van der Waals surface area contributed by atoms with Crippen molar-refractivity contribution in [3.63, 3.8) is 0 Å².